The van der Waals surface area contributed by atoms with Gasteiger partial charge in [0.2, 0.25) is 0 Å². The van der Waals surface area contributed by atoms with Crippen LogP contribution in [0.3, 0.4) is 0 Å². The molecule has 0 atom stereocenters. The van der Waals surface area contributed by atoms with Gasteiger partial charge in [0.25, 0.3) is 0 Å². The molecule has 0 amide bonds. The minimum Gasteiger partial charge on any atom is -0.466 e. The van der Waals surface area contributed by atoms with Crippen LogP contribution < -0.4 is 0 Å². The predicted octanol–water partition coefficient (Wildman–Crippen LogP) is 1.91. The maximum atomic E-state index is 11.7. The number of carbonyl (C=O) groups is 1. The van der Waals surface area contributed by atoms with E-state index in [9.17, 15) is 13.2 Å². The lowest BCUT2D eigenvalue weighted by Crippen LogP contribution is -1.99. The van der Waals surface area contributed by atoms with Gasteiger partial charge < -0.3 is 4.74 Å². The van der Waals surface area contributed by atoms with E-state index in [2.05, 4.69) is 20.7 Å². The van der Waals surface area contributed by atoms with Crippen LogP contribution in [0.15, 0.2) is 45.1 Å². The monoisotopic (exact) mass is 304 g/mol. The number of esters is 1. The van der Waals surface area contributed by atoms with E-state index < -0.39 is 15.8 Å². The first-order valence-electron chi connectivity index (χ1n) is 4.22. The van der Waals surface area contributed by atoms with E-state index in [4.69, 9.17) is 0 Å². The van der Waals surface area contributed by atoms with Crippen LogP contribution in [0, 0.1) is 0 Å². The van der Waals surface area contributed by atoms with Crippen LogP contribution >= 0.6 is 15.9 Å². The second-order valence-corrected chi connectivity index (χ2v) is 5.57. The number of benzene rings is 1. The summed E-state index contributed by atoms with van der Waals surface area (Å²) in [6.45, 7) is 0. The summed E-state index contributed by atoms with van der Waals surface area (Å²) < 4.78 is 28.4. The van der Waals surface area contributed by atoms with Gasteiger partial charge in [-0.1, -0.05) is 15.9 Å². The van der Waals surface area contributed by atoms with E-state index in [0.29, 0.717) is 0 Å². The third-order valence-corrected chi connectivity index (χ3v) is 3.68. The van der Waals surface area contributed by atoms with Gasteiger partial charge in [-0.25, -0.2) is 13.2 Å². The highest BCUT2D eigenvalue weighted by atomic mass is 79.9. The number of rotatable bonds is 3. The van der Waals surface area contributed by atoms with E-state index in [1.807, 2.05) is 0 Å². The Morgan fingerprint density at radius 2 is 1.88 bits per heavy atom. The van der Waals surface area contributed by atoms with Crippen LogP contribution in [0.2, 0.25) is 0 Å². The number of carbonyl (C=O) groups excluding carboxylic acids is 1. The number of sulfone groups is 1. The highest BCUT2D eigenvalue weighted by Crippen LogP contribution is 2.16. The Morgan fingerprint density at radius 1 is 1.31 bits per heavy atom. The normalized spacial score (nSPS) is 11.6. The van der Waals surface area contributed by atoms with Gasteiger partial charge in [-0.15, -0.1) is 0 Å². The molecule has 0 aliphatic rings. The molecule has 0 aliphatic heterocycles. The zero-order valence-corrected chi connectivity index (χ0v) is 10.8. The molecule has 4 nitrogen and oxygen atoms in total. The fraction of sp³-hybridized carbons (Fsp3) is 0.100. The van der Waals surface area contributed by atoms with E-state index >= 15 is 0 Å². The van der Waals surface area contributed by atoms with Crippen LogP contribution in [-0.2, 0) is 19.4 Å². The van der Waals surface area contributed by atoms with Gasteiger partial charge in [0.1, 0.15) is 0 Å². The number of hydrogen-bond donors (Lipinski definition) is 0. The molecule has 0 heterocycles. The van der Waals surface area contributed by atoms with Gasteiger partial charge in [-0.05, 0) is 24.3 Å². The van der Waals surface area contributed by atoms with Gasteiger partial charge in [-0.3, -0.25) is 0 Å². The molecule has 0 fully saturated rings. The SMILES string of the molecule is COC(=O)/C=C/S(=O)(=O)c1ccc(Br)cc1. The van der Waals surface area contributed by atoms with Gasteiger partial charge in [0.15, 0.2) is 9.84 Å². The molecular weight excluding hydrogens is 296 g/mol. The molecule has 0 aromatic heterocycles. The van der Waals surface area contributed by atoms with Crippen molar-refractivity contribution in [2.45, 2.75) is 4.90 Å². The Bertz CT molecular complexity index is 502. The van der Waals surface area contributed by atoms with Crippen molar-refractivity contribution in [3.8, 4) is 0 Å². The number of ether oxygens (including phenoxy) is 1. The highest BCUT2D eigenvalue weighted by Gasteiger charge is 2.10. The summed E-state index contributed by atoms with van der Waals surface area (Å²) >= 11 is 3.20. The van der Waals surface area contributed by atoms with Gasteiger partial charge in [0.05, 0.1) is 12.0 Å². The standard InChI is InChI=1S/C10H9BrO4S/c1-15-10(12)6-7-16(13,14)9-4-2-8(11)3-5-9/h2-7H,1H3/b7-6+. The molecule has 0 bridgehead atoms. The Kier molecular flexibility index (Phi) is 4.26. The molecule has 0 saturated heterocycles. The third-order valence-electron chi connectivity index (χ3n) is 1.73. The Labute approximate surface area is 102 Å². The molecule has 6 heteroatoms. The number of hydrogen-bond acceptors (Lipinski definition) is 4. The fourth-order valence-electron chi connectivity index (χ4n) is 0.916. The predicted molar refractivity (Wildman–Crippen MR) is 62.5 cm³/mol. The molecule has 0 unspecified atom stereocenters. The van der Waals surface area contributed by atoms with E-state index in [1.54, 1.807) is 12.1 Å². The lowest BCUT2D eigenvalue weighted by molar-refractivity contribution is -0.134. The van der Waals surface area contributed by atoms with Crippen LogP contribution in [0.25, 0.3) is 0 Å². The molecular formula is C10H9BrO4S. The van der Waals surface area contributed by atoms with Crippen molar-refractivity contribution in [2.75, 3.05) is 7.11 Å². The Morgan fingerprint density at radius 3 is 2.38 bits per heavy atom. The summed E-state index contributed by atoms with van der Waals surface area (Å²) in [4.78, 5) is 10.9. The number of halogens is 1. The largest absolute Gasteiger partial charge is 0.466 e. The van der Waals surface area contributed by atoms with Gasteiger partial charge in [0, 0.05) is 16.0 Å². The van der Waals surface area contributed by atoms with Gasteiger partial charge in [-0.2, -0.15) is 0 Å². The highest BCUT2D eigenvalue weighted by molar-refractivity contribution is 9.10. The van der Waals surface area contributed by atoms with Crippen molar-refractivity contribution in [1.29, 1.82) is 0 Å². The summed E-state index contributed by atoms with van der Waals surface area (Å²) in [5, 5.41) is 0.821. The lowest BCUT2D eigenvalue weighted by atomic mass is 10.4. The summed E-state index contributed by atoms with van der Waals surface area (Å²) in [7, 11) is -2.40. The Hall–Kier alpha value is -1.14. The Balaban J connectivity index is 2.99. The molecule has 0 N–H and O–H groups in total. The molecule has 0 radical (unpaired) electrons. The summed E-state index contributed by atoms with van der Waals surface area (Å²) in [5.41, 5.74) is 0. The first-order chi connectivity index (χ1) is 7.45. The van der Waals surface area contributed by atoms with Crippen molar-refractivity contribution in [1.82, 2.24) is 0 Å². The maximum absolute atomic E-state index is 11.7. The first kappa shape index (κ1) is 12.9. The quantitative estimate of drug-likeness (QED) is 0.632. The second-order valence-electron chi connectivity index (χ2n) is 2.82. The smallest absolute Gasteiger partial charge is 0.331 e. The van der Waals surface area contributed by atoms with Crippen molar-refractivity contribution >= 4 is 31.7 Å². The fourth-order valence-corrected chi connectivity index (χ4v) is 2.14. The maximum Gasteiger partial charge on any atom is 0.331 e. The molecule has 86 valence electrons. The number of methoxy groups -OCH3 is 1. The van der Waals surface area contributed by atoms with E-state index in [1.165, 1.54) is 19.2 Å². The minimum absolute atomic E-state index is 0.121. The zero-order valence-electron chi connectivity index (χ0n) is 8.38. The average Bonchev–Trinajstić information content (AvgIpc) is 2.26. The van der Waals surface area contributed by atoms with E-state index in [0.717, 1.165) is 16.0 Å². The molecule has 0 saturated carbocycles. The second kappa shape index (κ2) is 5.27. The van der Waals surface area contributed by atoms with Crippen molar-refractivity contribution < 1.29 is 17.9 Å². The van der Waals surface area contributed by atoms with Crippen molar-refractivity contribution in [3.63, 3.8) is 0 Å². The van der Waals surface area contributed by atoms with Gasteiger partial charge >= 0.3 is 5.97 Å². The molecule has 1 rings (SSSR count). The lowest BCUT2D eigenvalue weighted by Gasteiger charge is -1.98. The van der Waals surface area contributed by atoms with Crippen molar-refractivity contribution in [2.24, 2.45) is 0 Å². The topological polar surface area (TPSA) is 60.4 Å². The summed E-state index contributed by atoms with van der Waals surface area (Å²) in [6, 6.07) is 6.11. The van der Waals surface area contributed by atoms with Crippen LogP contribution in [0.5, 0.6) is 0 Å². The summed E-state index contributed by atoms with van der Waals surface area (Å²) in [5.74, 6) is -0.708. The third kappa shape index (κ3) is 3.46. The first-order valence-corrected chi connectivity index (χ1v) is 6.56. The molecule has 16 heavy (non-hydrogen) atoms. The molecule has 0 aliphatic carbocycles. The summed E-state index contributed by atoms with van der Waals surface area (Å²) in [6.07, 6.45) is 0.872. The molecule has 1 aromatic carbocycles. The molecule has 0 spiro atoms. The average molecular weight is 305 g/mol. The van der Waals surface area contributed by atoms with E-state index in [-0.39, 0.29) is 4.90 Å². The van der Waals surface area contributed by atoms with Crippen LogP contribution in [0.1, 0.15) is 0 Å². The van der Waals surface area contributed by atoms with Crippen molar-refractivity contribution in [3.05, 3.63) is 40.2 Å². The minimum atomic E-state index is -3.58. The van der Waals surface area contributed by atoms with Crippen LogP contribution in [0.4, 0.5) is 0 Å². The van der Waals surface area contributed by atoms with Crippen LogP contribution in [-0.4, -0.2) is 21.5 Å². The molecule has 1 aromatic rings. The zero-order chi connectivity index (χ0) is 12.2.